The van der Waals surface area contributed by atoms with Crippen molar-refractivity contribution in [2.45, 2.75) is 82.9 Å². The summed E-state index contributed by atoms with van der Waals surface area (Å²) in [4.78, 5) is 25.5. The average Bonchev–Trinajstić information content (AvgIpc) is 2.89. The SMILES string of the molecule is CCC(C)[PH](=O)OC(C)(CC)CC1C[C@H](n2ccc(=O)[nH]c2=O)[C@H](O)[C@@H]1O. The molecule has 0 aromatic carbocycles. The molecule has 8 nitrogen and oxygen atoms in total. The Hall–Kier alpha value is -1.21. The smallest absolute Gasteiger partial charge is 0.328 e. The predicted octanol–water partition coefficient (Wildman–Crippen LogP) is 1.67. The molecule has 4 unspecified atom stereocenters. The van der Waals surface area contributed by atoms with Crippen molar-refractivity contribution in [3.63, 3.8) is 0 Å². The van der Waals surface area contributed by atoms with Crippen LogP contribution in [0.25, 0.3) is 0 Å². The normalized spacial score (nSPS) is 30.0. The molecule has 0 bridgehead atoms. The monoisotopic (exact) mass is 402 g/mol. The molecule has 1 saturated carbocycles. The van der Waals surface area contributed by atoms with E-state index in [-0.39, 0.29) is 11.6 Å². The van der Waals surface area contributed by atoms with Gasteiger partial charge < -0.3 is 14.7 Å². The maximum atomic E-state index is 12.4. The second-order valence-corrected chi connectivity index (χ2v) is 9.63. The van der Waals surface area contributed by atoms with Crippen molar-refractivity contribution in [3.05, 3.63) is 33.1 Å². The Morgan fingerprint density at radius 3 is 2.59 bits per heavy atom. The second kappa shape index (κ2) is 8.86. The van der Waals surface area contributed by atoms with Gasteiger partial charge in [-0.05, 0) is 38.5 Å². The van der Waals surface area contributed by atoms with Crippen molar-refractivity contribution in [1.82, 2.24) is 9.55 Å². The lowest BCUT2D eigenvalue weighted by molar-refractivity contribution is -0.0156. The predicted molar refractivity (Wildman–Crippen MR) is 104 cm³/mol. The van der Waals surface area contributed by atoms with E-state index < -0.39 is 43.1 Å². The number of hydrogen-bond acceptors (Lipinski definition) is 6. The van der Waals surface area contributed by atoms with Gasteiger partial charge in [-0.2, -0.15) is 0 Å². The van der Waals surface area contributed by atoms with Crippen LogP contribution in [0.2, 0.25) is 0 Å². The molecule has 2 rings (SSSR count). The first-order chi connectivity index (χ1) is 12.6. The van der Waals surface area contributed by atoms with Crippen molar-refractivity contribution in [3.8, 4) is 0 Å². The fraction of sp³-hybridized carbons (Fsp3) is 0.778. The fourth-order valence-electron chi connectivity index (χ4n) is 3.59. The molecule has 27 heavy (non-hydrogen) atoms. The first-order valence-electron chi connectivity index (χ1n) is 9.52. The van der Waals surface area contributed by atoms with E-state index in [1.54, 1.807) is 0 Å². The van der Waals surface area contributed by atoms with Gasteiger partial charge in [-0.25, -0.2) is 4.79 Å². The molecule has 1 aromatic heterocycles. The number of aliphatic hydroxyl groups excluding tert-OH is 2. The highest BCUT2D eigenvalue weighted by Gasteiger charge is 2.45. The second-order valence-electron chi connectivity index (χ2n) is 7.80. The van der Waals surface area contributed by atoms with Crippen LogP contribution in [-0.4, -0.2) is 43.2 Å². The molecule has 0 spiro atoms. The molecule has 1 aliphatic carbocycles. The van der Waals surface area contributed by atoms with E-state index in [1.807, 2.05) is 27.7 Å². The lowest BCUT2D eigenvalue weighted by Gasteiger charge is -2.33. The average molecular weight is 402 g/mol. The quantitative estimate of drug-likeness (QED) is 0.569. The topological polar surface area (TPSA) is 122 Å². The summed E-state index contributed by atoms with van der Waals surface area (Å²) in [5, 5.41) is 21.0. The molecule has 154 valence electrons. The first kappa shape index (κ1) is 22.1. The third-order valence-electron chi connectivity index (χ3n) is 5.78. The number of aliphatic hydroxyl groups is 2. The van der Waals surface area contributed by atoms with Crippen LogP contribution in [0.15, 0.2) is 21.9 Å². The molecule has 0 saturated heterocycles. The molecule has 1 aliphatic rings. The molecule has 0 aliphatic heterocycles. The number of aromatic amines is 1. The van der Waals surface area contributed by atoms with E-state index >= 15 is 0 Å². The summed E-state index contributed by atoms with van der Waals surface area (Å²) in [7, 11) is -2.22. The third kappa shape index (κ3) is 4.99. The number of H-pyrrole nitrogens is 1. The van der Waals surface area contributed by atoms with Crippen molar-refractivity contribution in [1.29, 1.82) is 0 Å². The van der Waals surface area contributed by atoms with E-state index in [0.29, 0.717) is 19.3 Å². The van der Waals surface area contributed by atoms with Crippen LogP contribution in [0, 0.1) is 5.92 Å². The first-order valence-corrected chi connectivity index (χ1v) is 10.9. The van der Waals surface area contributed by atoms with Crippen LogP contribution in [-0.2, 0) is 9.09 Å². The van der Waals surface area contributed by atoms with Crippen LogP contribution >= 0.6 is 8.03 Å². The summed E-state index contributed by atoms with van der Waals surface area (Å²) in [5.41, 5.74) is -1.83. The Balaban J connectivity index is 2.17. The Kier molecular flexibility index (Phi) is 7.25. The zero-order chi connectivity index (χ0) is 20.4. The van der Waals surface area contributed by atoms with Gasteiger partial charge in [-0.15, -0.1) is 0 Å². The molecule has 7 atom stereocenters. The molecular weight excluding hydrogens is 371 g/mol. The summed E-state index contributed by atoms with van der Waals surface area (Å²) in [6.45, 7) is 7.66. The largest absolute Gasteiger partial charge is 0.390 e. The van der Waals surface area contributed by atoms with Gasteiger partial charge >= 0.3 is 5.69 Å². The van der Waals surface area contributed by atoms with Crippen LogP contribution in [0.1, 0.15) is 59.4 Å². The molecule has 9 heteroatoms. The Bertz CT molecular complexity index is 778. The van der Waals surface area contributed by atoms with Crippen molar-refractivity contribution in [2.24, 2.45) is 5.92 Å². The minimum absolute atomic E-state index is 0.0209. The molecule has 0 amide bonds. The summed E-state index contributed by atoms with van der Waals surface area (Å²) >= 11 is 0. The van der Waals surface area contributed by atoms with Crippen molar-refractivity contribution in [2.75, 3.05) is 0 Å². The van der Waals surface area contributed by atoms with E-state index in [9.17, 15) is 24.4 Å². The summed E-state index contributed by atoms with van der Waals surface area (Å²) < 4.78 is 19.6. The Morgan fingerprint density at radius 2 is 2.04 bits per heavy atom. The van der Waals surface area contributed by atoms with Crippen LogP contribution < -0.4 is 11.2 Å². The van der Waals surface area contributed by atoms with E-state index in [2.05, 4.69) is 4.98 Å². The van der Waals surface area contributed by atoms with E-state index in [0.717, 1.165) is 6.42 Å². The minimum Gasteiger partial charge on any atom is -0.390 e. The van der Waals surface area contributed by atoms with Crippen LogP contribution in [0.4, 0.5) is 0 Å². The Labute approximate surface area is 159 Å². The van der Waals surface area contributed by atoms with E-state index in [1.165, 1.54) is 16.8 Å². The zero-order valence-electron chi connectivity index (χ0n) is 16.3. The van der Waals surface area contributed by atoms with Gasteiger partial charge in [-0.1, -0.05) is 20.8 Å². The van der Waals surface area contributed by atoms with Crippen molar-refractivity contribution < 1.29 is 19.3 Å². The lowest BCUT2D eigenvalue weighted by atomic mass is 9.87. The standard InChI is InChI=1S/C18H31N2O6P/c1-5-11(3)27(25)26-18(4,6-2)10-12-9-13(16(23)15(12)22)20-8-7-14(21)19-17(20)24/h7-8,11-13,15-16,22-23,27H,5-6,9-10H2,1-4H3,(H,19,21,24)/t11?,12?,13-,15+,16-,18?/m0/s1. The highest BCUT2D eigenvalue weighted by Crippen LogP contribution is 2.45. The summed E-state index contributed by atoms with van der Waals surface area (Å²) in [6, 6.07) is 0.577. The molecule has 1 heterocycles. The maximum Gasteiger partial charge on any atom is 0.328 e. The number of aromatic nitrogens is 2. The number of hydrogen-bond donors (Lipinski definition) is 3. The van der Waals surface area contributed by atoms with E-state index in [4.69, 9.17) is 4.52 Å². The summed E-state index contributed by atoms with van der Waals surface area (Å²) in [5.74, 6) is -0.319. The lowest BCUT2D eigenvalue weighted by Crippen LogP contribution is -2.37. The van der Waals surface area contributed by atoms with Crippen molar-refractivity contribution >= 4 is 8.03 Å². The minimum atomic E-state index is -2.22. The van der Waals surface area contributed by atoms with Gasteiger partial charge in [0.1, 0.15) is 6.10 Å². The third-order valence-corrected chi connectivity index (χ3v) is 7.69. The Morgan fingerprint density at radius 1 is 1.37 bits per heavy atom. The zero-order valence-corrected chi connectivity index (χ0v) is 17.3. The molecule has 0 radical (unpaired) electrons. The van der Waals surface area contributed by atoms with Crippen LogP contribution in [0.5, 0.6) is 0 Å². The fourth-order valence-corrected chi connectivity index (χ4v) is 4.84. The number of nitrogens with one attached hydrogen (secondary N) is 1. The molecule has 3 N–H and O–H groups in total. The van der Waals surface area contributed by atoms with Gasteiger partial charge in [0.25, 0.3) is 5.56 Å². The highest BCUT2D eigenvalue weighted by atomic mass is 31.1. The van der Waals surface area contributed by atoms with Crippen LogP contribution in [0.3, 0.4) is 0 Å². The van der Waals surface area contributed by atoms with Gasteiger partial charge in [0.15, 0.2) is 8.03 Å². The van der Waals surface area contributed by atoms with Gasteiger partial charge in [0.2, 0.25) is 0 Å². The number of nitrogens with zero attached hydrogens (tertiary/aromatic N) is 1. The highest BCUT2D eigenvalue weighted by molar-refractivity contribution is 7.40. The molecule has 1 fully saturated rings. The number of rotatable bonds is 8. The molecular formula is C18H31N2O6P. The molecule has 1 aromatic rings. The van der Waals surface area contributed by atoms with Gasteiger partial charge in [0.05, 0.1) is 17.7 Å². The maximum absolute atomic E-state index is 12.4. The summed E-state index contributed by atoms with van der Waals surface area (Å²) in [6.07, 6.45) is 1.32. The van der Waals surface area contributed by atoms with Gasteiger partial charge in [-0.3, -0.25) is 18.9 Å². The van der Waals surface area contributed by atoms with Gasteiger partial charge in [0, 0.05) is 17.9 Å².